The van der Waals surface area contributed by atoms with Gasteiger partial charge in [-0.25, -0.2) is 0 Å². The summed E-state index contributed by atoms with van der Waals surface area (Å²) < 4.78 is 0. The Morgan fingerprint density at radius 2 is 1.94 bits per heavy atom. The van der Waals surface area contributed by atoms with E-state index in [0.717, 1.165) is 19.5 Å². The molecule has 1 saturated heterocycles. The molecule has 1 aliphatic rings. The molecule has 0 aromatic carbocycles. The minimum absolute atomic E-state index is 0. The third-order valence-electron chi connectivity index (χ3n) is 3.24. The quantitative estimate of drug-likeness (QED) is 0.837. The molecule has 1 unspecified atom stereocenters. The Labute approximate surface area is 117 Å². The van der Waals surface area contributed by atoms with E-state index in [0.29, 0.717) is 18.6 Å². The predicted molar refractivity (Wildman–Crippen MR) is 76.3 cm³/mol. The van der Waals surface area contributed by atoms with Crippen LogP contribution in [0.25, 0.3) is 0 Å². The first-order chi connectivity index (χ1) is 7.02. The first-order valence-corrected chi connectivity index (χ1v) is 5.69. The normalized spacial score (nSPS) is 18.8. The lowest BCUT2D eigenvalue weighted by Crippen LogP contribution is -2.44. The molecule has 1 aliphatic heterocycles. The number of hydrogen-bond donors (Lipinski definition) is 1. The molecule has 4 nitrogen and oxygen atoms in total. The molecule has 0 aromatic heterocycles. The van der Waals surface area contributed by atoms with Gasteiger partial charge in [-0.1, -0.05) is 0 Å². The Morgan fingerprint density at radius 1 is 1.35 bits per heavy atom. The highest BCUT2D eigenvalue weighted by Crippen LogP contribution is 2.07. The van der Waals surface area contributed by atoms with Gasteiger partial charge in [0.15, 0.2) is 0 Å². The van der Waals surface area contributed by atoms with Gasteiger partial charge in [-0.15, -0.1) is 24.8 Å². The summed E-state index contributed by atoms with van der Waals surface area (Å²) in [4.78, 5) is 15.9. The number of nitrogens with one attached hydrogen (secondary N) is 1. The molecule has 0 bridgehead atoms. The fraction of sp³-hybridized carbons (Fsp3) is 0.909. The molecular weight excluding hydrogens is 261 g/mol. The number of hydrogen-bond acceptors (Lipinski definition) is 3. The first-order valence-electron chi connectivity index (χ1n) is 5.69. The number of carbonyl (C=O) groups is 1. The first kappa shape index (κ1) is 19.3. The lowest BCUT2D eigenvalue weighted by Gasteiger charge is -2.27. The summed E-state index contributed by atoms with van der Waals surface area (Å²) in [5.41, 5.74) is 0. The Hall–Kier alpha value is -0.0300. The summed E-state index contributed by atoms with van der Waals surface area (Å²) in [5.74, 6) is 0.222. The summed E-state index contributed by atoms with van der Waals surface area (Å²) in [5, 5.41) is 3.28. The molecule has 104 valence electrons. The van der Waals surface area contributed by atoms with Gasteiger partial charge >= 0.3 is 0 Å². The number of likely N-dealkylation sites (N-methyl/N-ethyl adjacent to an activating group) is 2. The lowest BCUT2D eigenvalue weighted by molar-refractivity contribution is -0.132. The number of carbonyl (C=O) groups excluding carboxylic acids is 1. The van der Waals surface area contributed by atoms with Crippen molar-refractivity contribution in [2.75, 3.05) is 33.7 Å². The zero-order valence-electron chi connectivity index (χ0n) is 11.1. The van der Waals surface area contributed by atoms with Gasteiger partial charge in [0, 0.05) is 25.7 Å². The SMILES string of the molecule is CC(C)N(C)CC(=O)N(C)C1CCNC1.Cl.Cl. The van der Waals surface area contributed by atoms with E-state index < -0.39 is 0 Å². The molecule has 6 heteroatoms. The van der Waals surface area contributed by atoms with E-state index in [2.05, 4.69) is 24.1 Å². The highest BCUT2D eigenvalue weighted by atomic mass is 35.5. The maximum absolute atomic E-state index is 11.9. The van der Waals surface area contributed by atoms with Crippen molar-refractivity contribution < 1.29 is 4.79 Å². The zero-order chi connectivity index (χ0) is 11.4. The number of amides is 1. The molecule has 0 saturated carbocycles. The van der Waals surface area contributed by atoms with E-state index in [1.165, 1.54) is 0 Å². The molecule has 1 atom stereocenters. The summed E-state index contributed by atoms with van der Waals surface area (Å²) in [6.45, 7) is 6.69. The smallest absolute Gasteiger partial charge is 0.236 e. The third-order valence-corrected chi connectivity index (χ3v) is 3.24. The van der Waals surface area contributed by atoms with Crippen LogP contribution in [0.15, 0.2) is 0 Å². The van der Waals surface area contributed by atoms with Crippen LogP contribution in [0.3, 0.4) is 0 Å². The molecule has 0 spiro atoms. The highest BCUT2D eigenvalue weighted by Gasteiger charge is 2.23. The van der Waals surface area contributed by atoms with Crippen molar-refractivity contribution in [1.29, 1.82) is 0 Å². The van der Waals surface area contributed by atoms with Gasteiger partial charge in [0.25, 0.3) is 0 Å². The van der Waals surface area contributed by atoms with E-state index in [9.17, 15) is 4.79 Å². The monoisotopic (exact) mass is 285 g/mol. The Balaban J connectivity index is 0. The topological polar surface area (TPSA) is 35.6 Å². The molecule has 1 amide bonds. The van der Waals surface area contributed by atoms with Crippen molar-refractivity contribution >= 4 is 30.7 Å². The third kappa shape index (κ3) is 5.91. The standard InChI is InChI=1S/C11H23N3O.2ClH/c1-9(2)13(3)8-11(15)14(4)10-5-6-12-7-10;;/h9-10,12H,5-8H2,1-4H3;2*1H. The number of rotatable bonds is 4. The predicted octanol–water partition coefficient (Wildman–Crippen LogP) is 0.990. The minimum atomic E-state index is 0. The second-order valence-electron chi connectivity index (χ2n) is 4.66. The van der Waals surface area contributed by atoms with Crippen molar-refractivity contribution in [2.24, 2.45) is 0 Å². The minimum Gasteiger partial charge on any atom is -0.340 e. The fourth-order valence-corrected chi connectivity index (χ4v) is 1.68. The molecule has 1 heterocycles. The average molecular weight is 286 g/mol. The summed E-state index contributed by atoms with van der Waals surface area (Å²) >= 11 is 0. The highest BCUT2D eigenvalue weighted by molar-refractivity contribution is 5.85. The van der Waals surface area contributed by atoms with Gasteiger partial charge in [0.1, 0.15) is 0 Å². The van der Waals surface area contributed by atoms with E-state index in [1.54, 1.807) is 0 Å². The Morgan fingerprint density at radius 3 is 2.35 bits per heavy atom. The van der Waals surface area contributed by atoms with Crippen molar-refractivity contribution in [1.82, 2.24) is 15.1 Å². The van der Waals surface area contributed by atoms with Gasteiger partial charge in [0.05, 0.1) is 6.54 Å². The van der Waals surface area contributed by atoms with Crippen LogP contribution in [0, 0.1) is 0 Å². The van der Waals surface area contributed by atoms with Crippen molar-refractivity contribution in [3.05, 3.63) is 0 Å². The maximum Gasteiger partial charge on any atom is 0.236 e. The molecule has 0 aliphatic carbocycles. The van der Waals surface area contributed by atoms with Crippen LogP contribution in [0.2, 0.25) is 0 Å². The average Bonchev–Trinajstić information content (AvgIpc) is 2.68. The van der Waals surface area contributed by atoms with Crippen LogP contribution in [0.5, 0.6) is 0 Å². The fourth-order valence-electron chi connectivity index (χ4n) is 1.68. The summed E-state index contributed by atoms with van der Waals surface area (Å²) in [6.07, 6.45) is 1.08. The maximum atomic E-state index is 11.9. The van der Waals surface area contributed by atoms with Gasteiger partial charge in [-0.3, -0.25) is 9.69 Å². The number of halogens is 2. The van der Waals surface area contributed by atoms with Gasteiger partial charge < -0.3 is 10.2 Å². The van der Waals surface area contributed by atoms with Gasteiger partial charge in [-0.05, 0) is 33.9 Å². The van der Waals surface area contributed by atoms with Crippen LogP contribution in [0.4, 0.5) is 0 Å². The largest absolute Gasteiger partial charge is 0.340 e. The molecule has 1 fully saturated rings. The van der Waals surface area contributed by atoms with Crippen LogP contribution in [0.1, 0.15) is 20.3 Å². The Kier molecular flexibility index (Phi) is 10.2. The second-order valence-corrected chi connectivity index (χ2v) is 4.66. The van der Waals surface area contributed by atoms with Crippen LogP contribution in [-0.2, 0) is 4.79 Å². The van der Waals surface area contributed by atoms with Crippen molar-refractivity contribution in [3.8, 4) is 0 Å². The molecule has 1 N–H and O–H groups in total. The molecule has 1 rings (SSSR count). The molecule has 0 radical (unpaired) electrons. The zero-order valence-corrected chi connectivity index (χ0v) is 12.7. The van der Waals surface area contributed by atoms with E-state index in [1.807, 2.05) is 19.0 Å². The van der Waals surface area contributed by atoms with Crippen LogP contribution < -0.4 is 5.32 Å². The lowest BCUT2D eigenvalue weighted by atomic mass is 10.2. The number of nitrogens with zero attached hydrogens (tertiary/aromatic N) is 2. The molecule has 17 heavy (non-hydrogen) atoms. The summed E-state index contributed by atoms with van der Waals surface area (Å²) in [6, 6.07) is 0.808. The van der Waals surface area contributed by atoms with Crippen LogP contribution >= 0.6 is 24.8 Å². The second kappa shape index (κ2) is 8.97. The molecule has 0 aromatic rings. The summed E-state index contributed by atoms with van der Waals surface area (Å²) in [7, 11) is 3.90. The molecular formula is C11H25Cl2N3O. The van der Waals surface area contributed by atoms with Crippen molar-refractivity contribution in [2.45, 2.75) is 32.4 Å². The van der Waals surface area contributed by atoms with E-state index in [-0.39, 0.29) is 30.7 Å². The van der Waals surface area contributed by atoms with Gasteiger partial charge in [0.2, 0.25) is 5.91 Å². The van der Waals surface area contributed by atoms with Crippen LogP contribution in [-0.4, -0.2) is 61.5 Å². The van der Waals surface area contributed by atoms with Crippen molar-refractivity contribution in [3.63, 3.8) is 0 Å². The van der Waals surface area contributed by atoms with Gasteiger partial charge in [-0.2, -0.15) is 0 Å². The van der Waals surface area contributed by atoms with E-state index >= 15 is 0 Å². The Bertz CT molecular complexity index is 221. The van der Waals surface area contributed by atoms with E-state index in [4.69, 9.17) is 0 Å².